The van der Waals surface area contributed by atoms with Crippen molar-refractivity contribution in [3.63, 3.8) is 0 Å². The van der Waals surface area contributed by atoms with Crippen molar-refractivity contribution in [3.05, 3.63) is 59.7 Å². The molecule has 4 heteroatoms. The lowest BCUT2D eigenvalue weighted by Crippen LogP contribution is -2.23. The summed E-state index contributed by atoms with van der Waals surface area (Å²) in [7, 11) is 1.68. The molecule has 23 heavy (non-hydrogen) atoms. The number of aliphatic imine (C=N–C) groups is 1. The molecule has 0 saturated carbocycles. The van der Waals surface area contributed by atoms with Crippen molar-refractivity contribution in [2.75, 3.05) is 19.0 Å². The average Bonchev–Trinajstić information content (AvgIpc) is 2.54. The van der Waals surface area contributed by atoms with Gasteiger partial charge in [0.05, 0.1) is 7.11 Å². The molecule has 122 valence electrons. The molecule has 0 aliphatic heterocycles. The van der Waals surface area contributed by atoms with E-state index in [1.807, 2.05) is 30.3 Å². The van der Waals surface area contributed by atoms with Crippen molar-refractivity contribution in [1.82, 2.24) is 0 Å². The van der Waals surface area contributed by atoms with Crippen molar-refractivity contribution in [2.24, 2.45) is 16.6 Å². The first kappa shape index (κ1) is 16.9. The maximum atomic E-state index is 5.96. The van der Waals surface area contributed by atoms with E-state index in [0.29, 0.717) is 18.4 Å². The number of rotatable bonds is 6. The molecule has 0 amide bonds. The highest BCUT2D eigenvalue weighted by molar-refractivity contribution is 5.92. The van der Waals surface area contributed by atoms with Crippen LogP contribution in [0.3, 0.4) is 0 Å². The molecule has 0 spiro atoms. The molecule has 0 aliphatic carbocycles. The Bertz CT molecular complexity index is 650. The quantitative estimate of drug-likeness (QED) is 0.633. The monoisotopic (exact) mass is 311 g/mol. The number of hydrogen-bond donors (Lipinski definition) is 2. The predicted molar refractivity (Wildman–Crippen MR) is 97.2 cm³/mol. The Hall–Kier alpha value is -2.49. The highest BCUT2D eigenvalue weighted by Crippen LogP contribution is 2.15. The maximum Gasteiger partial charge on any atom is 0.193 e. The van der Waals surface area contributed by atoms with E-state index in [9.17, 15) is 0 Å². The number of guanidine groups is 1. The molecule has 3 N–H and O–H groups in total. The van der Waals surface area contributed by atoms with E-state index in [4.69, 9.17) is 10.5 Å². The fourth-order valence-corrected chi connectivity index (χ4v) is 2.39. The highest BCUT2D eigenvalue weighted by atomic mass is 16.5. The normalized spacial score (nSPS) is 12.7. The molecular formula is C19H25N3O. The summed E-state index contributed by atoms with van der Waals surface area (Å²) >= 11 is 0. The standard InChI is InChI=1S/C19H25N3O/c1-14-5-4-6-17(12-14)22-19(20)21-13-15(2)11-16-7-9-18(23-3)10-8-16/h4-10,12,15H,11,13H2,1-3H3,(H3,20,21,22). The van der Waals surface area contributed by atoms with Crippen molar-refractivity contribution >= 4 is 11.6 Å². The van der Waals surface area contributed by atoms with Gasteiger partial charge < -0.3 is 15.8 Å². The van der Waals surface area contributed by atoms with E-state index in [-0.39, 0.29) is 0 Å². The van der Waals surface area contributed by atoms with Gasteiger partial charge in [-0.15, -0.1) is 0 Å². The molecule has 0 bridgehead atoms. The van der Waals surface area contributed by atoms with E-state index in [0.717, 1.165) is 17.9 Å². The fourth-order valence-electron chi connectivity index (χ4n) is 2.39. The van der Waals surface area contributed by atoms with Gasteiger partial charge in [0.2, 0.25) is 0 Å². The largest absolute Gasteiger partial charge is 0.497 e. The van der Waals surface area contributed by atoms with Gasteiger partial charge in [0, 0.05) is 12.2 Å². The minimum Gasteiger partial charge on any atom is -0.497 e. The van der Waals surface area contributed by atoms with Crippen molar-refractivity contribution in [2.45, 2.75) is 20.3 Å². The number of benzene rings is 2. The minimum atomic E-state index is 0.418. The Morgan fingerprint density at radius 3 is 2.61 bits per heavy atom. The van der Waals surface area contributed by atoms with Crippen LogP contribution in [0.15, 0.2) is 53.5 Å². The summed E-state index contributed by atoms with van der Waals surface area (Å²) in [6.07, 6.45) is 0.964. The summed E-state index contributed by atoms with van der Waals surface area (Å²) < 4.78 is 5.17. The smallest absolute Gasteiger partial charge is 0.193 e. The number of anilines is 1. The Morgan fingerprint density at radius 2 is 1.96 bits per heavy atom. The van der Waals surface area contributed by atoms with Gasteiger partial charge in [-0.25, -0.2) is 0 Å². The van der Waals surface area contributed by atoms with Gasteiger partial charge in [-0.05, 0) is 54.7 Å². The van der Waals surface area contributed by atoms with Gasteiger partial charge in [0.1, 0.15) is 5.75 Å². The summed E-state index contributed by atoms with van der Waals surface area (Å²) in [6.45, 7) is 4.92. The third-order valence-corrected chi connectivity index (χ3v) is 3.61. The molecule has 0 radical (unpaired) electrons. The van der Waals surface area contributed by atoms with Gasteiger partial charge >= 0.3 is 0 Å². The van der Waals surface area contributed by atoms with Gasteiger partial charge in [-0.1, -0.05) is 31.2 Å². The van der Waals surface area contributed by atoms with Crippen LogP contribution < -0.4 is 15.8 Å². The van der Waals surface area contributed by atoms with Gasteiger partial charge in [0.15, 0.2) is 5.96 Å². The maximum absolute atomic E-state index is 5.96. The topological polar surface area (TPSA) is 59.6 Å². The fraction of sp³-hybridized carbons (Fsp3) is 0.316. The number of methoxy groups -OCH3 is 1. The first-order valence-electron chi connectivity index (χ1n) is 7.83. The third kappa shape index (κ3) is 5.66. The Kier molecular flexibility index (Phi) is 6.03. The highest BCUT2D eigenvalue weighted by Gasteiger charge is 2.04. The molecule has 0 aliphatic rings. The molecule has 0 saturated heterocycles. The van der Waals surface area contributed by atoms with Crippen LogP contribution in [0.25, 0.3) is 0 Å². The molecule has 1 unspecified atom stereocenters. The molecular weight excluding hydrogens is 286 g/mol. The zero-order chi connectivity index (χ0) is 16.7. The van der Waals surface area contributed by atoms with Crippen molar-refractivity contribution in [3.8, 4) is 5.75 Å². The first-order chi connectivity index (χ1) is 11.1. The molecule has 1 atom stereocenters. The van der Waals surface area contributed by atoms with E-state index < -0.39 is 0 Å². The van der Waals surface area contributed by atoms with Crippen LogP contribution in [0, 0.1) is 12.8 Å². The summed E-state index contributed by atoms with van der Waals surface area (Å²) in [5.41, 5.74) is 9.39. The summed E-state index contributed by atoms with van der Waals surface area (Å²) in [5.74, 6) is 1.75. The molecule has 0 heterocycles. The first-order valence-corrected chi connectivity index (χ1v) is 7.83. The Morgan fingerprint density at radius 1 is 1.22 bits per heavy atom. The predicted octanol–water partition coefficient (Wildman–Crippen LogP) is 3.61. The number of ether oxygens (including phenoxy) is 1. The number of aryl methyl sites for hydroxylation is 1. The molecule has 0 aromatic heterocycles. The lowest BCUT2D eigenvalue weighted by atomic mass is 10.0. The van der Waals surface area contributed by atoms with E-state index in [1.165, 1.54) is 11.1 Å². The van der Waals surface area contributed by atoms with Crippen LogP contribution in [-0.2, 0) is 6.42 Å². The van der Waals surface area contributed by atoms with Crippen LogP contribution in [-0.4, -0.2) is 19.6 Å². The van der Waals surface area contributed by atoms with Crippen molar-refractivity contribution < 1.29 is 4.74 Å². The zero-order valence-corrected chi connectivity index (χ0v) is 14.0. The molecule has 2 rings (SSSR count). The third-order valence-electron chi connectivity index (χ3n) is 3.61. The Labute approximate surface area is 138 Å². The van der Waals surface area contributed by atoms with E-state index in [2.05, 4.69) is 42.4 Å². The van der Waals surface area contributed by atoms with Gasteiger partial charge in [0.25, 0.3) is 0 Å². The summed E-state index contributed by atoms with van der Waals surface area (Å²) in [4.78, 5) is 4.44. The number of hydrogen-bond acceptors (Lipinski definition) is 2. The average molecular weight is 311 g/mol. The van der Waals surface area contributed by atoms with Crippen LogP contribution in [0.5, 0.6) is 5.75 Å². The van der Waals surface area contributed by atoms with Crippen LogP contribution >= 0.6 is 0 Å². The second-order valence-corrected chi connectivity index (χ2v) is 5.88. The molecule has 4 nitrogen and oxygen atoms in total. The SMILES string of the molecule is COc1ccc(CC(C)CN=C(N)Nc2cccc(C)c2)cc1. The minimum absolute atomic E-state index is 0.418. The number of nitrogens with two attached hydrogens (primary N) is 1. The van der Waals surface area contributed by atoms with Gasteiger partial charge in [-0.3, -0.25) is 4.99 Å². The lowest BCUT2D eigenvalue weighted by Gasteiger charge is -2.11. The molecule has 2 aromatic carbocycles. The van der Waals surface area contributed by atoms with E-state index in [1.54, 1.807) is 7.11 Å². The van der Waals surface area contributed by atoms with Crippen LogP contribution in [0.2, 0.25) is 0 Å². The lowest BCUT2D eigenvalue weighted by molar-refractivity contribution is 0.414. The Balaban J connectivity index is 1.85. The molecule has 2 aromatic rings. The number of nitrogens with zero attached hydrogens (tertiary/aromatic N) is 1. The second kappa shape index (κ2) is 8.22. The summed E-state index contributed by atoms with van der Waals surface area (Å²) in [5, 5.41) is 3.13. The molecule has 0 fully saturated rings. The van der Waals surface area contributed by atoms with E-state index >= 15 is 0 Å². The summed E-state index contributed by atoms with van der Waals surface area (Å²) in [6, 6.07) is 16.2. The van der Waals surface area contributed by atoms with Crippen LogP contribution in [0.4, 0.5) is 5.69 Å². The van der Waals surface area contributed by atoms with Crippen molar-refractivity contribution in [1.29, 1.82) is 0 Å². The zero-order valence-electron chi connectivity index (χ0n) is 14.0. The van der Waals surface area contributed by atoms with Crippen LogP contribution in [0.1, 0.15) is 18.1 Å². The number of nitrogens with one attached hydrogen (secondary N) is 1. The van der Waals surface area contributed by atoms with Gasteiger partial charge in [-0.2, -0.15) is 0 Å². The second-order valence-electron chi connectivity index (χ2n) is 5.88.